The van der Waals surface area contributed by atoms with Crippen molar-refractivity contribution in [2.75, 3.05) is 0 Å². The van der Waals surface area contributed by atoms with Gasteiger partial charge in [0, 0.05) is 5.41 Å². The summed E-state index contributed by atoms with van der Waals surface area (Å²) in [6.45, 7) is 6.75. The topological polar surface area (TPSA) is 0 Å². The average Bonchev–Trinajstić information content (AvgIpc) is 2.83. The molecular formula is C32H34. The first kappa shape index (κ1) is 22.1. The Bertz CT molecular complexity index is 1120. The van der Waals surface area contributed by atoms with Gasteiger partial charge in [-0.3, -0.25) is 0 Å². The molecule has 0 fully saturated rings. The highest BCUT2D eigenvalue weighted by Crippen LogP contribution is 2.31. The van der Waals surface area contributed by atoms with E-state index in [9.17, 15) is 0 Å². The molecule has 0 aromatic heterocycles. The minimum atomic E-state index is 0.0194. The summed E-state index contributed by atoms with van der Waals surface area (Å²) in [4.78, 5) is 0. The third-order valence-electron chi connectivity index (χ3n) is 6.69. The Morgan fingerprint density at radius 3 is 1.50 bits per heavy atom. The van der Waals surface area contributed by atoms with E-state index in [0.717, 1.165) is 25.7 Å². The van der Waals surface area contributed by atoms with Crippen LogP contribution in [0.2, 0.25) is 0 Å². The van der Waals surface area contributed by atoms with Crippen molar-refractivity contribution in [2.45, 2.75) is 51.9 Å². The van der Waals surface area contributed by atoms with Crippen molar-refractivity contribution < 1.29 is 0 Å². The van der Waals surface area contributed by atoms with Crippen LogP contribution in [0.3, 0.4) is 0 Å². The maximum Gasteiger partial charge on any atom is 0.0146 e. The number of benzene rings is 4. The van der Waals surface area contributed by atoms with Gasteiger partial charge in [0.05, 0.1) is 0 Å². The van der Waals surface area contributed by atoms with E-state index in [-0.39, 0.29) is 5.41 Å². The third kappa shape index (κ3) is 5.56. The Morgan fingerprint density at radius 1 is 0.469 bits per heavy atom. The van der Waals surface area contributed by atoms with Crippen molar-refractivity contribution >= 4 is 0 Å². The van der Waals surface area contributed by atoms with Crippen LogP contribution < -0.4 is 0 Å². The normalized spacial score (nSPS) is 11.5. The highest BCUT2D eigenvalue weighted by atomic mass is 14.3. The van der Waals surface area contributed by atoms with E-state index >= 15 is 0 Å². The summed E-state index contributed by atoms with van der Waals surface area (Å²) in [5.74, 6) is 0. The molecule has 0 saturated heterocycles. The second kappa shape index (κ2) is 10.0. The van der Waals surface area contributed by atoms with Gasteiger partial charge in [0.2, 0.25) is 0 Å². The van der Waals surface area contributed by atoms with Crippen LogP contribution in [-0.2, 0) is 31.1 Å². The molecule has 0 aliphatic heterocycles. The molecule has 0 heteroatoms. The molecule has 0 saturated carbocycles. The predicted octanol–water partition coefficient (Wildman–Crippen LogP) is 7.89. The highest BCUT2D eigenvalue weighted by molar-refractivity contribution is 5.39. The van der Waals surface area contributed by atoms with Crippen LogP contribution in [0.1, 0.15) is 52.8 Å². The van der Waals surface area contributed by atoms with Crippen LogP contribution in [-0.4, -0.2) is 0 Å². The molecule has 162 valence electrons. The van der Waals surface area contributed by atoms with Gasteiger partial charge in [-0.15, -0.1) is 0 Å². The van der Waals surface area contributed by atoms with Crippen molar-refractivity contribution in [2.24, 2.45) is 0 Å². The van der Waals surface area contributed by atoms with Gasteiger partial charge in [-0.05, 0) is 66.0 Å². The summed E-state index contributed by atoms with van der Waals surface area (Å²) in [5.41, 5.74) is 9.75. The van der Waals surface area contributed by atoms with E-state index < -0.39 is 0 Å². The molecule has 0 aliphatic rings. The van der Waals surface area contributed by atoms with Gasteiger partial charge in [0.1, 0.15) is 0 Å². The summed E-state index contributed by atoms with van der Waals surface area (Å²) >= 11 is 0. The minimum absolute atomic E-state index is 0.0194. The van der Waals surface area contributed by atoms with Gasteiger partial charge in [-0.25, -0.2) is 0 Å². The average molecular weight is 419 g/mol. The summed E-state index contributed by atoms with van der Waals surface area (Å²) < 4.78 is 0. The first-order valence-electron chi connectivity index (χ1n) is 11.8. The Hall–Kier alpha value is -3.12. The molecule has 4 aromatic carbocycles. The molecule has 0 aliphatic carbocycles. The quantitative estimate of drug-likeness (QED) is 0.273. The van der Waals surface area contributed by atoms with E-state index in [1.165, 1.54) is 38.9 Å². The van der Waals surface area contributed by atoms with Crippen LogP contribution in [0.5, 0.6) is 0 Å². The minimum Gasteiger partial charge on any atom is -0.0622 e. The first-order valence-corrected chi connectivity index (χ1v) is 11.8. The van der Waals surface area contributed by atoms with E-state index in [0.29, 0.717) is 0 Å². The van der Waals surface area contributed by atoms with Crippen molar-refractivity contribution in [1.29, 1.82) is 0 Å². The standard InChI is InChI=1S/C32H34/c1-25-12-14-26(15-13-25)16-18-28-8-7-9-29(24-28)19-17-27-20-22-31(23-21-27)32(2,3)30-10-5-4-6-11-30/h4-15,20-24H,16-19H2,1-3H3. The van der Waals surface area contributed by atoms with Gasteiger partial charge in [0.25, 0.3) is 0 Å². The first-order chi connectivity index (χ1) is 15.5. The van der Waals surface area contributed by atoms with Crippen LogP contribution in [0, 0.1) is 6.92 Å². The van der Waals surface area contributed by atoms with Crippen molar-refractivity contribution in [3.63, 3.8) is 0 Å². The number of aryl methyl sites for hydroxylation is 5. The molecule has 0 spiro atoms. The summed E-state index contributed by atoms with van der Waals surface area (Å²) in [7, 11) is 0. The lowest BCUT2D eigenvalue weighted by Crippen LogP contribution is -2.18. The van der Waals surface area contributed by atoms with E-state index in [1.54, 1.807) is 0 Å². The van der Waals surface area contributed by atoms with Crippen molar-refractivity contribution in [1.82, 2.24) is 0 Å². The van der Waals surface area contributed by atoms with Crippen LogP contribution in [0.4, 0.5) is 0 Å². The zero-order valence-electron chi connectivity index (χ0n) is 19.6. The van der Waals surface area contributed by atoms with E-state index in [4.69, 9.17) is 0 Å². The number of rotatable bonds is 8. The fourth-order valence-corrected chi connectivity index (χ4v) is 4.38. The maximum atomic E-state index is 2.39. The zero-order valence-corrected chi connectivity index (χ0v) is 19.6. The van der Waals surface area contributed by atoms with Gasteiger partial charge < -0.3 is 0 Å². The second-order valence-corrected chi connectivity index (χ2v) is 9.49. The maximum absolute atomic E-state index is 2.39. The van der Waals surface area contributed by atoms with Gasteiger partial charge >= 0.3 is 0 Å². The molecule has 4 aromatic rings. The molecule has 0 bridgehead atoms. The molecule has 32 heavy (non-hydrogen) atoms. The lowest BCUT2D eigenvalue weighted by molar-refractivity contribution is 0.640. The lowest BCUT2D eigenvalue weighted by Gasteiger charge is -2.26. The monoisotopic (exact) mass is 418 g/mol. The molecule has 0 N–H and O–H groups in total. The number of hydrogen-bond donors (Lipinski definition) is 0. The summed E-state index contributed by atoms with van der Waals surface area (Å²) in [5, 5.41) is 0. The number of hydrogen-bond acceptors (Lipinski definition) is 0. The highest BCUT2D eigenvalue weighted by Gasteiger charge is 2.22. The Kier molecular flexibility index (Phi) is 6.90. The molecule has 0 amide bonds. The molecule has 0 heterocycles. The largest absolute Gasteiger partial charge is 0.0622 e. The lowest BCUT2D eigenvalue weighted by atomic mass is 9.78. The predicted molar refractivity (Wildman–Crippen MR) is 137 cm³/mol. The Balaban J connectivity index is 1.35. The second-order valence-electron chi connectivity index (χ2n) is 9.49. The summed E-state index contributed by atoms with van der Waals surface area (Å²) in [6.07, 6.45) is 4.36. The SMILES string of the molecule is Cc1ccc(CCc2cccc(CCc3ccc(C(C)(C)c4ccccc4)cc3)c2)cc1. The zero-order chi connectivity index (χ0) is 22.4. The van der Waals surface area contributed by atoms with E-state index in [2.05, 4.69) is 124 Å². The molecule has 0 unspecified atom stereocenters. The van der Waals surface area contributed by atoms with E-state index in [1.807, 2.05) is 0 Å². The van der Waals surface area contributed by atoms with Crippen LogP contribution in [0.25, 0.3) is 0 Å². The third-order valence-corrected chi connectivity index (χ3v) is 6.69. The molecule has 0 nitrogen and oxygen atoms in total. The molecule has 0 radical (unpaired) electrons. The fraction of sp³-hybridized carbons (Fsp3) is 0.250. The molecule has 0 atom stereocenters. The van der Waals surface area contributed by atoms with Crippen molar-refractivity contribution in [3.8, 4) is 0 Å². The van der Waals surface area contributed by atoms with Gasteiger partial charge in [-0.2, -0.15) is 0 Å². The van der Waals surface area contributed by atoms with Gasteiger partial charge in [-0.1, -0.05) is 123 Å². The fourth-order valence-electron chi connectivity index (χ4n) is 4.38. The molecular weight excluding hydrogens is 384 g/mol. The summed E-state index contributed by atoms with van der Waals surface area (Å²) in [6, 6.07) is 38.1. The Labute approximate surface area is 194 Å². The van der Waals surface area contributed by atoms with Crippen LogP contribution >= 0.6 is 0 Å². The Morgan fingerprint density at radius 2 is 0.938 bits per heavy atom. The van der Waals surface area contributed by atoms with Crippen molar-refractivity contribution in [3.05, 3.63) is 142 Å². The van der Waals surface area contributed by atoms with Gasteiger partial charge in [0.15, 0.2) is 0 Å². The smallest absolute Gasteiger partial charge is 0.0146 e. The van der Waals surface area contributed by atoms with Crippen LogP contribution in [0.15, 0.2) is 103 Å². The molecule has 4 rings (SSSR count).